The Morgan fingerprint density at radius 1 is 1.37 bits per heavy atom. The van der Waals surface area contributed by atoms with Gasteiger partial charge >= 0.3 is 6.18 Å². The fourth-order valence-corrected chi connectivity index (χ4v) is 2.05. The molecule has 0 saturated heterocycles. The molecule has 0 bridgehead atoms. The summed E-state index contributed by atoms with van der Waals surface area (Å²) in [4.78, 5) is 5.36. The van der Waals surface area contributed by atoms with Gasteiger partial charge in [0.25, 0.3) is 0 Å². The number of aromatic nitrogens is 2. The number of hydrogen-bond acceptors (Lipinski definition) is 3. The smallest absolute Gasteiger partial charge is 0.349 e. The largest absolute Gasteiger partial charge is 0.405 e. The lowest BCUT2D eigenvalue weighted by Gasteiger charge is -2.19. The lowest BCUT2D eigenvalue weighted by Crippen LogP contribution is -2.31. The van der Waals surface area contributed by atoms with Gasteiger partial charge in [-0.05, 0) is 18.7 Å². The zero-order valence-corrected chi connectivity index (χ0v) is 10.5. The monoisotopic (exact) mass is 272 g/mol. The van der Waals surface area contributed by atoms with Crippen LogP contribution in [0.5, 0.6) is 0 Å². The van der Waals surface area contributed by atoms with Crippen LogP contribution >= 0.6 is 0 Å². The van der Waals surface area contributed by atoms with E-state index in [0.29, 0.717) is 30.1 Å². The van der Waals surface area contributed by atoms with Crippen LogP contribution in [0.3, 0.4) is 0 Å². The highest BCUT2D eigenvalue weighted by Crippen LogP contribution is 2.24. The minimum absolute atomic E-state index is 0.328. The fraction of sp³-hybridized carbons (Fsp3) is 0.417. The highest BCUT2D eigenvalue weighted by atomic mass is 19.4. The molecule has 7 heteroatoms. The predicted molar refractivity (Wildman–Crippen MR) is 67.3 cm³/mol. The minimum Gasteiger partial charge on any atom is -0.349 e. The topological polar surface area (TPSA) is 46.6 Å². The minimum atomic E-state index is -4.26. The fourth-order valence-electron chi connectivity index (χ4n) is 2.05. The van der Waals surface area contributed by atoms with Crippen LogP contribution in [0.2, 0.25) is 0 Å². The number of imidazole rings is 1. The number of fused-ring (bicyclic) bond motifs is 1. The van der Waals surface area contributed by atoms with Gasteiger partial charge in [0.05, 0.1) is 5.69 Å². The Kier molecular flexibility index (Phi) is 3.66. The van der Waals surface area contributed by atoms with Crippen molar-refractivity contribution in [1.29, 1.82) is 0 Å². The van der Waals surface area contributed by atoms with Crippen molar-refractivity contribution < 1.29 is 13.2 Å². The van der Waals surface area contributed by atoms with E-state index >= 15 is 0 Å². The van der Waals surface area contributed by atoms with Crippen molar-refractivity contribution in [2.75, 3.05) is 25.0 Å². The third kappa shape index (κ3) is 2.98. The molecule has 104 valence electrons. The average molecular weight is 272 g/mol. The van der Waals surface area contributed by atoms with Crippen LogP contribution in [0.15, 0.2) is 24.4 Å². The molecule has 2 heterocycles. The van der Waals surface area contributed by atoms with Gasteiger partial charge in [-0.15, -0.1) is 0 Å². The molecule has 0 fully saturated rings. The summed E-state index contributed by atoms with van der Waals surface area (Å²) < 4.78 is 39.2. The van der Waals surface area contributed by atoms with E-state index in [-0.39, 0.29) is 0 Å². The maximum atomic E-state index is 12.5. The van der Waals surface area contributed by atoms with Crippen LogP contribution in [0.25, 0.3) is 5.65 Å². The molecule has 2 rings (SSSR count). The van der Waals surface area contributed by atoms with E-state index in [0.717, 1.165) is 4.90 Å². The number of nitrogens with two attached hydrogens (primary N) is 1. The number of rotatable bonds is 4. The molecule has 0 aromatic carbocycles. The summed E-state index contributed by atoms with van der Waals surface area (Å²) in [5.74, 6) is 0.328. The quantitative estimate of drug-likeness (QED) is 0.923. The van der Waals surface area contributed by atoms with E-state index in [2.05, 4.69) is 4.98 Å². The lowest BCUT2D eigenvalue weighted by molar-refractivity contribution is -0.119. The maximum absolute atomic E-state index is 12.5. The third-order valence-corrected chi connectivity index (χ3v) is 2.77. The van der Waals surface area contributed by atoms with Crippen LogP contribution < -0.4 is 10.6 Å². The molecule has 0 aliphatic rings. The first-order valence-electron chi connectivity index (χ1n) is 5.86. The molecule has 19 heavy (non-hydrogen) atoms. The van der Waals surface area contributed by atoms with E-state index in [1.54, 1.807) is 22.7 Å². The molecule has 0 radical (unpaired) electrons. The molecule has 0 spiro atoms. The van der Waals surface area contributed by atoms with Gasteiger partial charge in [-0.2, -0.15) is 13.2 Å². The van der Waals surface area contributed by atoms with Gasteiger partial charge in [0.1, 0.15) is 12.2 Å². The molecule has 0 aliphatic heterocycles. The van der Waals surface area contributed by atoms with Crippen molar-refractivity contribution >= 4 is 11.5 Å². The van der Waals surface area contributed by atoms with Crippen LogP contribution in [0.1, 0.15) is 5.69 Å². The molecule has 0 saturated carbocycles. The number of nitrogens with zero attached hydrogens (tertiary/aromatic N) is 3. The van der Waals surface area contributed by atoms with Crippen LogP contribution in [-0.4, -0.2) is 35.7 Å². The van der Waals surface area contributed by atoms with Gasteiger partial charge < -0.3 is 15.0 Å². The number of halogens is 3. The first-order valence-corrected chi connectivity index (χ1v) is 5.86. The molecule has 4 nitrogen and oxygen atoms in total. The second-order valence-electron chi connectivity index (χ2n) is 4.32. The Labute approximate surface area is 108 Å². The van der Waals surface area contributed by atoms with Crippen molar-refractivity contribution in [3.8, 4) is 0 Å². The SMILES string of the molecule is CN(CC(F)(F)F)c1nc2ccccn2c1CCN. The summed E-state index contributed by atoms with van der Waals surface area (Å²) in [5.41, 5.74) is 6.84. The number of hydrogen-bond donors (Lipinski definition) is 1. The summed E-state index contributed by atoms with van der Waals surface area (Å²) >= 11 is 0. The molecular formula is C12H15F3N4. The summed E-state index contributed by atoms with van der Waals surface area (Å²) in [6, 6.07) is 5.36. The van der Waals surface area contributed by atoms with E-state index < -0.39 is 12.7 Å². The second-order valence-corrected chi connectivity index (χ2v) is 4.32. The van der Waals surface area contributed by atoms with E-state index in [9.17, 15) is 13.2 Å². The second kappa shape index (κ2) is 5.08. The number of anilines is 1. The Balaban J connectivity index is 2.43. The van der Waals surface area contributed by atoms with Gasteiger partial charge in [0.15, 0.2) is 5.82 Å². The van der Waals surface area contributed by atoms with E-state index in [1.807, 2.05) is 6.07 Å². The highest BCUT2D eigenvalue weighted by Gasteiger charge is 2.31. The van der Waals surface area contributed by atoms with Gasteiger partial charge in [0, 0.05) is 19.7 Å². The number of pyridine rings is 1. The van der Waals surface area contributed by atoms with Gasteiger partial charge in [-0.25, -0.2) is 4.98 Å². The van der Waals surface area contributed by atoms with E-state index in [4.69, 9.17) is 5.73 Å². The normalized spacial score (nSPS) is 12.1. The van der Waals surface area contributed by atoms with Crippen molar-refractivity contribution in [2.45, 2.75) is 12.6 Å². The zero-order chi connectivity index (χ0) is 14.0. The summed E-state index contributed by atoms with van der Waals surface area (Å²) in [5, 5.41) is 0. The molecule has 2 N–H and O–H groups in total. The predicted octanol–water partition coefficient (Wildman–Crippen LogP) is 1.83. The molecule has 2 aromatic heterocycles. The van der Waals surface area contributed by atoms with Gasteiger partial charge in [0.2, 0.25) is 0 Å². The Morgan fingerprint density at radius 3 is 2.74 bits per heavy atom. The first-order chi connectivity index (χ1) is 8.92. The maximum Gasteiger partial charge on any atom is 0.405 e. The van der Waals surface area contributed by atoms with E-state index in [1.165, 1.54) is 7.05 Å². The summed E-state index contributed by atoms with van der Waals surface area (Å²) in [6.45, 7) is -0.677. The lowest BCUT2D eigenvalue weighted by atomic mass is 10.3. The highest BCUT2D eigenvalue weighted by molar-refractivity contribution is 5.55. The van der Waals surface area contributed by atoms with Crippen molar-refractivity contribution in [1.82, 2.24) is 9.38 Å². The summed E-state index contributed by atoms with van der Waals surface area (Å²) in [6.07, 6.45) is -2.01. The molecule has 2 aromatic rings. The molecule has 0 atom stereocenters. The Morgan fingerprint density at radius 2 is 2.11 bits per heavy atom. The Bertz CT molecular complexity index is 562. The van der Waals surface area contributed by atoms with Gasteiger partial charge in [-0.1, -0.05) is 6.07 Å². The van der Waals surface area contributed by atoms with Crippen molar-refractivity contribution in [2.24, 2.45) is 5.73 Å². The van der Waals surface area contributed by atoms with Crippen LogP contribution in [0, 0.1) is 0 Å². The molecular weight excluding hydrogens is 257 g/mol. The standard InChI is InChI=1S/C12H15F3N4/c1-18(8-12(13,14)15)11-9(5-6-16)19-7-3-2-4-10(19)17-11/h2-4,7H,5-6,8,16H2,1H3. The van der Waals surface area contributed by atoms with Crippen molar-refractivity contribution in [3.63, 3.8) is 0 Å². The summed E-state index contributed by atoms with van der Waals surface area (Å²) in [7, 11) is 1.38. The van der Waals surface area contributed by atoms with Crippen LogP contribution in [0.4, 0.5) is 19.0 Å². The molecule has 0 amide bonds. The molecule has 0 aliphatic carbocycles. The zero-order valence-electron chi connectivity index (χ0n) is 10.5. The average Bonchev–Trinajstić information content (AvgIpc) is 2.67. The first kappa shape index (κ1) is 13.7. The third-order valence-electron chi connectivity index (χ3n) is 2.77. The Hall–Kier alpha value is -1.76. The number of alkyl halides is 3. The van der Waals surface area contributed by atoms with Crippen molar-refractivity contribution in [3.05, 3.63) is 30.1 Å². The van der Waals surface area contributed by atoms with Gasteiger partial charge in [-0.3, -0.25) is 0 Å². The van der Waals surface area contributed by atoms with Crippen LogP contribution in [-0.2, 0) is 6.42 Å². The molecule has 0 unspecified atom stereocenters.